The Morgan fingerprint density at radius 3 is 2.77 bits per heavy atom. The van der Waals surface area contributed by atoms with Crippen LogP contribution in [0.15, 0.2) is 22.7 Å². The van der Waals surface area contributed by atoms with E-state index in [0.29, 0.717) is 25.8 Å². The predicted molar refractivity (Wildman–Crippen MR) is 86.0 cm³/mol. The number of hydrogen-bond donors (Lipinski definition) is 1. The van der Waals surface area contributed by atoms with Crippen molar-refractivity contribution in [1.82, 2.24) is 4.90 Å². The van der Waals surface area contributed by atoms with Gasteiger partial charge in [-0.3, -0.25) is 4.79 Å². The average molecular weight is 370 g/mol. The van der Waals surface area contributed by atoms with E-state index in [0.717, 1.165) is 22.2 Å². The SMILES string of the molecule is COc1ccc(CCC(=O)N2CCCC2(C)C(=O)O)cc1Br. The van der Waals surface area contributed by atoms with E-state index in [1.54, 1.807) is 14.0 Å². The third-order valence-electron chi connectivity index (χ3n) is 4.25. The van der Waals surface area contributed by atoms with Crippen molar-refractivity contribution >= 4 is 27.8 Å². The fourth-order valence-corrected chi connectivity index (χ4v) is 3.43. The number of nitrogens with zero attached hydrogens (tertiary/aromatic N) is 1. The Bertz CT molecular complexity index is 590. The first-order chi connectivity index (χ1) is 10.4. The summed E-state index contributed by atoms with van der Waals surface area (Å²) in [6, 6.07) is 5.69. The van der Waals surface area contributed by atoms with Crippen LogP contribution in [0.5, 0.6) is 5.75 Å². The van der Waals surface area contributed by atoms with Crippen molar-refractivity contribution in [3.63, 3.8) is 0 Å². The number of methoxy groups -OCH3 is 1. The maximum absolute atomic E-state index is 12.4. The van der Waals surface area contributed by atoms with Crippen molar-refractivity contribution in [3.05, 3.63) is 28.2 Å². The van der Waals surface area contributed by atoms with Gasteiger partial charge in [0.2, 0.25) is 5.91 Å². The van der Waals surface area contributed by atoms with E-state index in [1.165, 1.54) is 4.90 Å². The van der Waals surface area contributed by atoms with Crippen molar-refractivity contribution in [2.75, 3.05) is 13.7 Å². The smallest absolute Gasteiger partial charge is 0.329 e. The van der Waals surface area contributed by atoms with Crippen LogP contribution in [0.3, 0.4) is 0 Å². The number of carbonyl (C=O) groups is 2. The minimum absolute atomic E-state index is 0.102. The number of carbonyl (C=O) groups excluding carboxylic acids is 1. The van der Waals surface area contributed by atoms with E-state index in [2.05, 4.69) is 15.9 Å². The Balaban J connectivity index is 2.01. The molecule has 1 aromatic carbocycles. The van der Waals surface area contributed by atoms with E-state index in [-0.39, 0.29) is 5.91 Å². The van der Waals surface area contributed by atoms with E-state index < -0.39 is 11.5 Å². The van der Waals surface area contributed by atoms with Crippen molar-refractivity contribution in [2.45, 2.75) is 38.1 Å². The lowest BCUT2D eigenvalue weighted by Gasteiger charge is -2.31. The van der Waals surface area contributed by atoms with Crippen LogP contribution in [0.25, 0.3) is 0 Å². The van der Waals surface area contributed by atoms with Gasteiger partial charge in [0.05, 0.1) is 11.6 Å². The Morgan fingerprint density at radius 2 is 2.18 bits per heavy atom. The molecule has 1 saturated heterocycles. The van der Waals surface area contributed by atoms with E-state index in [4.69, 9.17) is 4.74 Å². The molecule has 2 rings (SSSR count). The molecule has 0 spiro atoms. The molecule has 0 saturated carbocycles. The Morgan fingerprint density at radius 1 is 1.45 bits per heavy atom. The van der Waals surface area contributed by atoms with Gasteiger partial charge in [0.1, 0.15) is 11.3 Å². The van der Waals surface area contributed by atoms with Gasteiger partial charge in [-0.2, -0.15) is 0 Å². The van der Waals surface area contributed by atoms with Crippen LogP contribution in [-0.4, -0.2) is 41.1 Å². The average Bonchev–Trinajstić information content (AvgIpc) is 2.88. The van der Waals surface area contributed by atoms with E-state index in [9.17, 15) is 14.7 Å². The molecule has 1 atom stereocenters. The molecule has 1 aromatic rings. The lowest BCUT2D eigenvalue weighted by molar-refractivity contribution is -0.155. The zero-order valence-corrected chi connectivity index (χ0v) is 14.4. The Kier molecular flexibility index (Phi) is 5.11. The molecule has 1 N–H and O–H groups in total. The third kappa shape index (κ3) is 3.27. The molecule has 1 aliphatic heterocycles. The number of carboxylic acid groups (broad SMARTS) is 1. The third-order valence-corrected chi connectivity index (χ3v) is 4.87. The summed E-state index contributed by atoms with van der Waals surface area (Å²) in [5.41, 5.74) is -0.0466. The van der Waals surface area contributed by atoms with Crippen LogP contribution in [0.2, 0.25) is 0 Å². The van der Waals surface area contributed by atoms with Crippen molar-refractivity contribution in [1.29, 1.82) is 0 Å². The molecular formula is C16H20BrNO4. The van der Waals surface area contributed by atoms with Gasteiger partial charge in [0.15, 0.2) is 0 Å². The number of halogens is 1. The quantitative estimate of drug-likeness (QED) is 0.866. The summed E-state index contributed by atoms with van der Waals surface area (Å²) in [5.74, 6) is -0.284. The van der Waals surface area contributed by atoms with Crippen LogP contribution in [0.1, 0.15) is 31.7 Å². The number of benzene rings is 1. The van der Waals surface area contributed by atoms with Gasteiger partial charge >= 0.3 is 5.97 Å². The minimum atomic E-state index is -1.06. The highest BCUT2D eigenvalue weighted by atomic mass is 79.9. The first-order valence-corrected chi connectivity index (χ1v) is 8.04. The van der Waals surface area contributed by atoms with Crippen LogP contribution < -0.4 is 4.74 Å². The van der Waals surface area contributed by atoms with Gasteiger partial charge in [0.25, 0.3) is 0 Å². The molecule has 1 fully saturated rings. The number of amides is 1. The van der Waals surface area contributed by atoms with Gasteiger partial charge in [-0.25, -0.2) is 4.79 Å². The van der Waals surface area contributed by atoms with Crippen molar-refractivity contribution in [3.8, 4) is 5.75 Å². The monoisotopic (exact) mass is 369 g/mol. The molecule has 1 unspecified atom stereocenters. The molecule has 22 heavy (non-hydrogen) atoms. The predicted octanol–water partition coefficient (Wildman–Crippen LogP) is 2.86. The molecule has 6 heteroatoms. The largest absolute Gasteiger partial charge is 0.496 e. The normalized spacial score (nSPS) is 21.0. The second-order valence-electron chi connectivity index (χ2n) is 5.70. The standard InChI is InChI=1S/C16H20BrNO4/c1-16(15(20)21)8-3-9-18(16)14(19)7-5-11-4-6-13(22-2)12(17)10-11/h4,6,10H,3,5,7-9H2,1-2H3,(H,20,21). The molecule has 1 aliphatic rings. The fourth-order valence-electron chi connectivity index (χ4n) is 2.84. The lowest BCUT2D eigenvalue weighted by Crippen LogP contribution is -2.50. The molecule has 0 aliphatic carbocycles. The molecule has 0 aromatic heterocycles. The van der Waals surface area contributed by atoms with Crippen LogP contribution in [-0.2, 0) is 16.0 Å². The van der Waals surface area contributed by atoms with Crippen molar-refractivity contribution < 1.29 is 19.4 Å². The van der Waals surface area contributed by atoms with Gasteiger partial charge in [0, 0.05) is 13.0 Å². The lowest BCUT2D eigenvalue weighted by atomic mass is 9.98. The minimum Gasteiger partial charge on any atom is -0.496 e. The van der Waals surface area contributed by atoms with Crippen LogP contribution in [0.4, 0.5) is 0 Å². The van der Waals surface area contributed by atoms with Gasteiger partial charge in [-0.1, -0.05) is 6.07 Å². The molecule has 5 nitrogen and oxygen atoms in total. The van der Waals surface area contributed by atoms with Gasteiger partial charge < -0.3 is 14.7 Å². The van der Waals surface area contributed by atoms with Gasteiger partial charge in [-0.15, -0.1) is 0 Å². The Hall–Kier alpha value is -1.56. The molecular weight excluding hydrogens is 350 g/mol. The molecule has 0 radical (unpaired) electrons. The number of carboxylic acids is 1. The zero-order valence-electron chi connectivity index (χ0n) is 12.8. The number of aryl methyl sites for hydroxylation is 1. The second kappa shape index (κ2) is 6.69. The maximum atomic E-state index is 12.4. The second-order valence-corrected chi connectivity index (χ2v) is 6.55. The molecule has 120 valence electrons. The van der Waals surface area contributed by atoms with Gasteiger partial charge in [-0.05, 0) is 59.8 Å². The van der Waals surface area contributed by atoms with Crippen LogP contribution in [0, 0.1) is 0 Å². The molecule has 1 amide bonds. The molecule has 0 bridgehead atoms. The van der Waals surface area contributed by atoms with E-state index in [1.807, 2.05) is 18.2 Å². The summed E-state index contributed by atoms with van der Waals surface area (Å²) >= 11 is 3.42. The van der Waals surface area contributed by atoms with E-state index >= 15 is 0 Å². The molecule has 1 heterocycles. The highest BCUT2D eigenvalue weighted by Crippen LogP contribution is 2.30. The number of likely N-dealkylation sites (tertiary alicyclic amines) is 1. The topological polar surface area (TPSA) is 66.8 Å². The van der Waals surface area contributed by atoms with Crippen molar-refractivity contribution in [2.24, 2.45) is 0 Å². The maximum Gasteiger partial charge on any atom is 0.329 e. The number of ether oxygens (including phenoxy) is 1. The summed E-state index contributed by atoms with van der Waals surface area (Å²) in [6.45, 7) is 2.15. The number of rotatable bonds is 5. The number of hydrogen-bond acceptors (Lipinski definition) is 3. The summed E-state index contributed by atoms with van der Waals surface area (Å²) in [4.78, 5) is 25.3. The highest BCUT2D eigenvalue weighted by molar-refractivity contribution is 9.10. The summed E-state index contributed by atoms with van der Waals surface area (Å²) < 4.78 is 6.02. The van der Waals surface area contributed by atoms with Crippen LogP contribution >= 0.6 is 15.9 Å². The first-order valence-electron chi connectivity index (χ1n) is 7.25. The summed E-state index contributed by atoms with van der Waals surface area (Å²) in [6.07, 6.45) is 2.14. The highest BCUT2D eigenvalue weighted by Gasteiger charge is 2.45. The fraction of sp³-hybridized carbons (Fsp3) is 0.500. The summed E-state index contributed by atoms with van der Waals surface area (Å²) in [7, 11) is 1.60. The summed E-state index contributed by atoms with van der Waals surface area (Å²) in [5, 5.41) is 9.36. The Labute approximate surface area is 138 Å². The zero-order chi connectivity index (χ0) is 16.3. The first kappa shape index (κ1) is 16.8. The number of aliphatic carboxylic acids is 1.